The monoisotopic (exact) mass is 995 g/mol. The fraction of sp³-hybridized carbons (Fsp3) is 0.456. The van der Waals surface area contributed by atoms with Crippen LogP contribution in [0.25, 0.3) is 21.8 Å². The topological polar surface area (TPSA) is 183 Å². The molecule has 16 heteroatoms. The third kappa shape index (κ3) is 12.4. The second kappa shape index (κ2) is 24.1. The van der Waals surface area contributed by atoms with Gasteiger partial charge in [0, 0.05) is 82.5 Å². The van der Waals surface area contributed by atoms with E-state index >= 15 is 0 Å². The molecule has 0 saturated carbocycles. The molecule has 0 unspecified atom stereocenters. The lowest BCUT2D eigenvalue weighted by atomic mass is 9.89. The summed E-state index contributed by atoms with van der Waals surface area (Å²) in [6.45, 7) is 6.63. The van der Waals surface area contributed by atoms with E-state index in [9.17, 15) is 33.2 Å². The number of carbonyl (C=O) groups is 6. The van der Waals surface area contributed by atoms with Gasteiger partial charge in [-0.05, 0) is 142 Å². The van der Waals surface area contributed by atoms with E-state index in [0.717, 1.165) is 79.2 Å². The molecule has 15 nitrogen and oxygen atoms in total. The minimum Gasteiger partial charge on any atom is -0.483 e. The maximum Gasteiger partial charge on any atom is 0.329 e. The Bertz CT molecular complexity index is 2970. The van der Waals surface area contributed by atoms with Crippen LogP contribution in [0.2, 0.25) is 0 Å². The van der Waals surface area contributed by atoms with E-state index in [1.807, 2.05) is 34.1 Å². The molecule has 384 valence electrons. The number of nitrogens with one attached hydrogen (secondary N) is 2. The maximum atomic E-state index is 13.6. The summed E-state index contributed by atoms with van der Waals surface area (Å²) in [5.41, 5.74) is 5.24. The number of aromatic nitrogens is 2. The maximum absolute atomic E-state index is 13.6. The van der Waals surface area contributed by atoms with Crippen LogP contribution in [0.15, 0.2) is 83.7 Å². The van der Waals surface area contributed by atoms with Gasteiger partial charge in [-0.2, -0.15) is 0 Å². The van der Waals surface area contributed by atoms with Crippen LogP contribution in [0, 0.1) is 29.5 Å². The van der Waals surface area contributed by atoms with Gasteiger partial charge in [-0.25, -0.2) is 9.18 Å². The zero-order valence-corrected chi connectivity index (χ0v) is 41.8. The van der Waals surface area contributed by atoms with Crippen molar-refractivity contribution in [1.29, 1.82) is 0 Å². The molecule has 0 aliphatic carbocycles. The number of unbranched alkanes of at least 4 members (excludes halogenated alkanes) is 1. The van der Waals surface area contributed by atoms with E-state index in [-0.39, 0.29) is 71.8 Å². The van der Waals surface area contributed by atoms with E-state index in [1.54, 1.807) is 17.7 Å². The Kier molecular flexibility index (Phi) is 17.2. The first-order valence-electron chi connectivity index (χ1n) is 25.8. The van der Waals surface area contributed by atoms with Crippen LogP contribution in [0.3, 0.4) is 0 Å². The standard InChI is InChI=1S/C56H64FN7O6.CH2O2/c1-37(61-30-26-42(27-31-61)54(68)58-36-39-8-7-9-44(57)34-39)45-18-16-41(46-10-3-4-11-47(45)46)15-14-38-22-28-62(29-23-38)52(66)12-5-6-13-53(67)63-32-24-40(25-33-63)43-17-19-48-50(35-43)60(2)56(70)64(48)49-20-21-51(65)59-55(49)69;2-1-3/h3-4,7-11,16-19,34-35,37-38,40,42,49H,5-6,12-13,20-33,36H2,1-2H3,(H,58,68)(H,59,65,69);1H,(H,2,3)/t37-,49+;/m1./s1. The van der Waals surface area contributed by atoms with E-state index in [2.05, 4.69) is 70.7 Å². The number of carboxylic acid groups (broad SMARTS) is 1. The van der Waals surface area contributed by atoms with Crippen LogP contribution in [0.4, 0.5) is 4.39 Å². The van der Waals surface area contributed by atoms with Crippen molar-refractivity contribution < 1.29 is 38.3 Å². The van der Waals surface area contributed by atoms with Crippen molar-refractivity contribution in [2.75, 3.05) is 39.3 Å². The molecule has 4 aromatic carbocycles. The predicted octanol–water partition coefficient (Wildman–Crippen LogP) is 6.96. The van der Waals surface area contributed by atoms with Gasteiger partial charge in [-0.15, -0.1) is 0 Å². The van der Waals surface area contributed by atoms with Gasteiger partial charge in [-0.3, -0.25) is 48.1 Å². The SMILES string of the molecule is C[C@H](c1ccc(C#CC2CCN(C(=O)CCCCC(=O)N3CCC(c4ccc5c(c4)n(C)c(=O)n5[C@H]4CCC(=O)NC4=O)CC3)CC2)c2ccccc12)N1CCC(C(=O)NCc2cccc(F)c2)CC1.O=CO. The number of nitrogens with zero attached hydrogens (tertiary/aromatic N) is 5. The Hall–Kier alpha value is -7.12. The summed E-state index contributed by atoms with van der Waals surface area (Å²) >= 11 is 0. The lowest BCUT2D eigenvalue weighted by molar-refractivity contribution is -0.136. The number of carbonyl (C=O) groups excluding carboxylic acids is 5. The van der Waals surface area contributed by atoms with Gasteiger partial charge in [-0.1, -0.05) is 60.4 Å². The van der Waals surface area contributed by atoms with Crippen molar-refractivity contribution >= 4 is 57.8 Å². The average Bonchev–Trinajstić information content (AvgIpc) is 3.65. The quantitative estimate of drug-likeness (QED) is 0.0515. The molecule has 5 heterocycles. The smallest absolute Gasteiger partial charge is 0.329 e. The summed E-state index contributed by atoms with van der Waals surface area (Å²) in [4.78, 5) is 91.7. The molecule has 2 atom stereocenters. The van der Waals surface area contributed by atoms with Crippen molar-refractivity contribution in [3.05, 3.63) is 117 Å². The number of rotatable bonds is 12. The molecular weight excluding hydrogens is 930 g/mol. The largest absolute Gasteiger partial charge is 0.483 e. The fourth-order valence-corrected chi connectivity index (χ4v) is 11.2. The molecule has 73 heavy (non-hydrogen) atoms. The van der Waals surface area contributed by atoms with Gasteiger partial charge in [0.1, 0.15) is 11.9 Å². The van der Waals surface area contributed by atoms with Crippen LogP contribution in [-0.2, 0) is 42.4 Å². The molecule has 3 N–H and O–H groups in total. The summed E-state index contributed by atoms with van der Waals surface area (Å²) in [6, 6.07) is 24.5. The van der Waals surface area contributed by atoms with E-state index in [1.165, 1.54) is 27.6 Å². The Morgan fingerprint density at radius 2 is 1.45 bits per heavy atom. The zero-order chi connectivity index (χ0) is 51.6. The minimum absolute atomic E-state index is 0.0300. The van der Waals surface area contributed by atoms with Crippen molar-refractivity contribution in [3.8, 4) is 11.8 Å². The molecule has 4 fully saturated rings. The first-order chi connectivity index (χ1) is 35.3. The van der Waals surface area contributed by atoms with Crippen LogP contribution < -0.4 is 16.3 Å². The van der Waals surface area contributed by atoms with Crippen molar-refractivity contribution in [1.82, 2.24) is 34.5 Å². The second-order valence-corrected chi connectivity index (χ2v) is 19.9. The fourth-order valence-electron chi connectivity index (χ4n) is 11.2. The molecule has 5 aromatic rings. The highest BCUT2D eigenvalue weighted by molar-refractivity contribution is 6.00. The van der Waals surface area contributed by atoms with E-state index in [0.29, 0.717) is 70.3 Å². The Morgan fingerprint density at radius 1 is 0.795 bits per heavy atom. The number of fused-ring (bicyclic) bond motifs is 2. The molecule has 9 rings (SSSR count). The highest BCUT2D eigenvalue weighted by Gasteiger charge is 2.33. The summed E-state index contributed by atoms with van der Waals surface area (Å²) in [5.74, 6) is 6.67. The molecule has 5 amide bonds. The lowest BCUT2D eigenvalue weighted by Gasteiger charge is -2.36. The van der Waals surface area contributed by atoms with Gasteiger partial charge >= 0.3 is 5.69 Å². The number of benzene rings is 4. The molecule has 4 aliphatic rings. The summed E-state index contributed by atoms with van der Waals surface area (Å²) in [5, 5.41) is 14.6. The highest BCUT2D eigenvalue weighted by atomic mass is 19.1. The van der Waals surface area contributed by atoms with Gasteiger partial charge in [0.25, 0.3) is 6.47 Å². The van der Waals surface area contributed by atoms with Crippen LogP contribution in [0.5, 0.6) is 0 Å². The summed E-state index contributed by atoms with van der Waals surface area (Å²) < 4.78 is 16.7. The highest BCUT2D eigenvalue weighted by Crippen LogP contribution is 2.34. The third-order valence-electron chi connectivity index (χ3n) is 15.5. The molecular formula is C57H66FN7O8. The number of piperidine rings is 4. The number of likely N-dealkylation sites (tertiary alicyclic amines) is 3. The molecule has 1 aromatic heterocycles. The number of hydrogen-bond donors (Lipinski definition) is 3. The Labute approximate surface area is 425 Å². The Morgan fingerprint density at radius 3 is 2.11 bits per heavy atom. The normalized spacial score (nSPS) is 18.6. The van der Waals surface area contributed by atoms with Gasteiger partial charge < -0.3 is 20.2 Å². The van der Waals surface area contributed by atoms with Crippen molar-refractivity contribution in [3.63, 3.8) is 0 Å². The molecule has 0 radical (unpaired) electrons. The minimum atomic E-state index is -0.722. The first-order valence-corrected chi connectivity index (χ1v) is 25.8. The number of halogens is 1. The van der Waals surface area contributed by atoms with Crippen molar-refractivity contribution in [2.45, 2.75) is 109 Å². The Balaban J connectivity index is 0.00000231. The van der Waals surface area contributed by atoms with Gasteiger partial charge in [0.05, 0.1) is 11.0 Å². The average molecular weight is 996 g/mol. The number of aryl methyl sites for hydroxylation is 1. The zero-order valence-electron chi connectivity index (χ0n) is 41.8. The van der Waals surface area contributed by atoms with Crippen LogP contribution in [0.1, 0.15) is 124 Å². The number of imide groups is 1. The number of imidazole rings is 1. The van der Waals surface area contributed by atoms with Crippen molar-refractivity contribution in [2.24, 2.45) is 18.9 Å². The molecule has 4 aliphatic heterocycles. The molecule has 0 bridgehead atoms. The van der Waals surface area contributed by atoms with Gasteiger partial charge in [0.2, 0.25) is 29.5 Å². The van der Waals surface area contributed by atoms with Gasteiger partial charge in [0.15, 0.2) is 0 Å². The lowest BCUT2D eigenvalue weighted by Crippen LogP contribution is -2.44. The van der Waals surface area contributed by atoms with E-state index < -0.39 is 11.9 Å². The number of hydrogen-bond acceptors (Lipinski definition) is 8. The molecule has 0 spiro atoms. The van der Waals surface area contributed by atoms with E-state index in [4.69, 9.17) is 9.90 Å². The van der Waals surface area contributed by atoms with Crippen LogP contribution in [-0.4, -0.2) is 104 Å². The van der Waals surface area contributed by atoms with Crippen LogP contribution >= 0.6 is 0 Å². The summed E-state index contributed by atoms with van der Waals surface area (Å²) in [6.07, 6.45) is 7.53. The third-order valence-corrected chi connectivity index (χ3v) is 15.5. The second-order valence-electron chi connectivity index (χ2n) is 19.9. The summed E-state index contributed by atoms with van der Waals surface area (Å²) in [7, 11) is 1.70. The predicted molar refractivity (Wildman–Crippen MR) is 275 cm³/mol. The first kappa shape index (κ1) is 52.2. The number of amides is 5. The molecule has 4 saturated heterocycles.